The molecule has 1 atom stereocenters. The van der Waals surface area contributed by atoms with Gasteiger partial charge in [0.25, 0.3) is 0 Å². The first-order valence-electron chi connectivity index (χ1n) is 5.38. The van der Waals surface area contributed by atoms with E-state index in [1.165, 1.54) is 0 Å². The second-order valence-electron chi connectivity index (χ2n) is 4.26. The number of aryl methyl sites for hydroxylation is 2. The van der Waals surface area contributed by atoms with Gasteiger partial charge >= 0.3 is 5.97 Å². The number of hydrogen-bond donors (Lipinski definition) is 1. The van der Waals surface area contributed by atoms with Crippen LogP contribution >= 0.6 is 0 Å². The number of carboxylic acids is 1. The molecule has 0 spiro atoms. The molecule has 0 aliphatic carbocycles. The second kappa shape index (κ2) is 4.56. The zero-order valence-corrected chi connectivity index (χ0v) is 10.2. The normalized spacial score (nSPS) is 14.2. The first kappa shape index (κ1) is 12.6. The van der Waals surface area contributed by atoms with Gasteiger partial charge in [-0.3, -0.25) is 0 Å². The monoisotopic (exact) mass is 222 g/mol. The first-order chi connectivity index (χ1) is 7.39. The fourth-order valence-electron chi connectivity index (χ4n) is 1.42. The molecule has 16 heavy (non-hydrogen) atoms. The van der Waals surface area contributed by atoms with Crippen molar-refractivity contribution in [3.05, 3.63) is 29.3 Å². The molecule has 0 heterocycles. The van der Waals surface area contributed by atoms with E-state index in [9.17, 15) is 4.79 Å². The standard InChI is InChI=1S/C13H18O3/c1-5-13(4,12(14)15)16-11-7-6-9(2)8-10(11)3/h6-8H,5H2,1-4H3,(H,14,15). The van der Waals surface area contributed by atoms with Gasteiger partial charge in [-0.05, 0) is 38.8 Å². The number of aliphatic carboxylic acids is 1. The van der Waals surface area contributed by atoms with E-state index < -0.39 is 11.6 Å². The fourth-order valence-corrected chi connectivity index (χ4v) is 1.42. The van der Waals surface area contributed by atoms with Gasteiger partial charge in [-0.1, -0.05) is 24.6 Å². The van der Waals surface area contributed by atoms with Crippen molar-refractivity contribution in [2.24, 2.45) is 0 Å². The lowest BCUT2D eigenvalue weighted by Gasteiger charge is -2.25. The van der Waals surface area contributed by atoms with Crippen LogP contribution in [0.1, 0.15) is 31.4 Å². The number of carboxylic acid groups (broad SMARTS) is 1. The molecule has 0 amide bonds. The Bertz CT molecular complexity index is 398. The van der Waals surface area contributed by atoms with Gasteiger partial charge in [0.15, 0.2) is 0 Å². The molecule has 0 bridgehead atoms. The summed E-state index contributed by atoms with van der Waals surface area (Å²) < 4.78 is 5.60. The largest absolute Gasteiger partial charge is 0.478 e. The Labute approximate surface area is 96.1 Å². The summed E-state index contributed by atoms with van der Waals surface area (Å²) >= 11 is 0. The Morgan fingerprint density at radius 3 is 2.50 bits per heavy atom. The number of ether oxygens (including phenoxy) is 1. The van der Waals surface area contributed by atoms with Gasteiger partial charge < -0.3 is 9.84 Å². The highest BCUT2D eigenvalue weighted by Gasteiger charge is 2.33. The molecule has 1 rings (SSSR count). The van der Waals surface area contributed by atoms with E-state index in [2.05, 4.69) is 0 Å². The molecule has 1 aromatic rings. The number of carbonyl (C=O) groups is 1. The quantitative estimate of drug-likeness (QED) is 0.852. The lowest BCUT2D eigenvalue weighted by atomic mass is 10.0. The van der Waals surface area contributed by atoms with Gasteiger partial charge in [0, 0.05) is 0 Å². The number of hydrogen-bond acceptors (Lipinski definition) is 2. The van der Waals surface area contributed by atoms with Gasteiger partial charge in [0.2, 0.25) is 5.60 Å². The summed E-state index contributed by atoms with van der Waals surface area (Å²) in [6.45, 7) is 7.31. The summed E-state index contributed by atoms with van der Waals surface area (Å²) in [5.74, 6) is -0.299. The summed E-state index contributed by atoms with van der Waals surface area (Å²) in [4.78, 5) is 11.1. The molecule has 1 aromatic carbocycles. The predicted molar refractivity (Wildman–Crippen MR) is 62.9 cm³/mol. The highest BCUT2D eigenvalue weighted by Crippen LogP contribution is 2.25. The lowest BCUT2D eigenvalue weighted by molar-refractivity contribution is -0.154. The van der Waals surface area contributed by atoms with Crippen LogP contribution in [0.2, 0.25) is 0 Å². The molecule has 3 heteroatoms. The maximum Gasteiger partial charge on any atom is 0.347 e. The van der Waals surface area contributed by atoms with E-state index in [4.69, 9.17) is 9.84 Å². The second-order valence-corrected chi connectivity index (χ2v) is 4.26. The summed E-state index contributed by atoms with van der Waals surface area (Å²) in [6.07, 6.45) is 0.426. The fraction of sp³-hybridized carbons (Fsp3) is 0.462. The van der Waals surface area contributed by atoms with Gasteiger partial charge in [-0.15, -0.1) is 0 Å². The van der Waals surface area contributed by atoms with Gasteiger partial charge in [-0.2, -0.15) is 0 Å². The average molecular weight is 222 g/mol. The first-order valence-corrected chi connectivity index (χ1v) is 5.38. The Morgan fingerprint density at radius 1 is 1.44 bits per heavy atom. The van der Waals surface area contributed by atoms with Crippen LogP contribution in [-0.2, 0) is 4.79 Å². The van der Waals surface area contributed by atoms with Gasteiger partial charge in [0.1, 0.15) is 5.75 Å². The molecule has 3 nitrogen and oxygen atoms in total. The molecule has 0 radical (unpaired) electrons. The smallest absolute Gasteiger partial charge is 0.347 e. The van der Waals surface area contributed by atoms with Crippen molar-refractivity contribution in [1.82, 2.24) is 0 Å². The van der Waals surface area contributed by atoms with Crippen LogP contribution in [0, 0.1) is 13.8 Å². The van der Waals surface area contributed by atoms with E-state index in [-0.39, 0.29) is 0 Å². The van der Waals surface area contributed by atoms with Gasteiger partial charge in [0.05, 0.1) is 0 Å². The van der Waals surface area contributed by atoms with E-state index in [1.54, 1.807) is 13.8 Å². The third kappa shape index (κ3) is 2.54. The Kier molecular flexibility index (Phi) is 3.58. The van der Waals surface area contributed by atoms with E-state index in [1.807, 2.05) is 32.0 Å². The van der Waals surface area contributed by atoms with E-state index >= 15 is 0 Å². The summed E-state index contributed by atoms with van der Waals surface area (Å²) in [5.41, 5.74) is 0.944. The van der Waals surface area contributed by atoms with Crippen molar-refractivity contribution in [3.63, 3.8) is 0 Å². The summed E-state index contributed by atoms with van der Waals surface area (Å²) in [7, 11) is 0. The molecule has 1 N–H and O–H groups in total. The molecular weight excluding hydrogens is 204 g/mol. The molecule has 1 unspecified atom stereocenters. The average Bonchev–Trinajstić information content (AvgIpc) is 2.22. The Hall–Kier alpha value is -1.51. The summed E-state index contributed by atoms with van der Waals surface area (Å²) in [6, 6.07) is 5.72. The third-order valence-electron chi connectivity index (χ3n) is 2.79. The van der Waals surface area contributed by atoms with Gasteiger partial charge in [-0.25, -0.2) is 4.79 Å². The van der Waals surface area contributed by atoms with Crippen LogP contribution < -0.4 is 4.74 Å². The van der Waals surface area contributed by atoms with Crippen molar-refractivity contribution in [2.45, 2.75) is 39.7 Å². The SMILES string of the molecule is CCC(C)(Oc1ccc(C)cc1C)C(=O)O. The molecular formula is C13H18O3. The molecule has 0 saturated carbocycles. The van der Waals surface area contributed by atoms with E-state index in [0.29, 0.717) is 12.2 Å². The molecule has 0 aromatic heterocycles. The topological polar surface area (TPSA) is 46.5 Å². The van der Waals surface area contributed by atoms with Crippen LogP contribution in [-0.4, -0.2) is 16.7 Å². The number of benzene rings is 1. The molecule has 0 fully saturated rings. The zero-order chi connectivity index (χ0) is 12.3. The molecule has 0 aliphatic heterocycles. The number of rotatable bonds is 4. The lowest BCUT2D eigenvalue weighted by Crippen LogP contribution is -2.40. The Morgan fingerprint density at radius 2 is 2.06 bits per heavy atom. The minimum absolute atomic E-state index is 0.426. The minimum Gasteiger partial charge on any atom is -0.478 e. The van der Waals surface area contributed by atoms with E-state index in [0.717, 1.165) is 11.1 Å². The minimum atomic E-state index is -1.15. The third-order valence-corrected chi connectivity index (χ3v) is 2.79. The van der Waals surface area contributed by atoms with Crippen LogP contribution in [0.15, 0.2) is 18.2 Å². The van der Waals surface area contributed by atoms with Crippen LogP contribution in [0.4, 0.5) is 0 Å². The van der Waals surface area contributed by atoms with Crippen molar-refractivity contribution in [1.29, 1.82) is 0 Å². The highest BCUT2D eigenvalue weighted by atomic mass is 16.5. The maximum absolute atomic E-state index is 11.1. The molecule has 0 saturated heterocycles. The van der Waals surface area contributed by atoms with Crippen LogP contribution in [0.3, 0.4) is 0 Å². The maximum atomic E-state index is 11.1. The van der Waals surface area contributed by atoms with Crippen molar-refractivity contribution < 1.29 is 14.6 Å². The predicted octanol–water partition coefficient (Wildman–Crippen LogP) is 2.94. The van der Waals surface area contributed by atoms with Crippen LogP contribution in [0.5, 0.6) is 5.75 Å². The zero-order valence-electron chi connectivity index (χ0n) is 10.2. The van der Waals surface area contributed by atoms with Crippen LogP contribution in [0.25, 0.3) is 0 Å². The Balaban J connectivity index is 2.99. The molecule has 0 aliphatic rings. The van der Waals surface area contributed by atoms with Crippen molar-refractivity contribution >= 4 is 5.97 Å². The summed E-state index contributed by atoms with van der Waals surface area (Å²) in [5, 5.41) is 9.11. The molecule has 88 valence electrons. The highest BCUT2D eigenvalue weighted by molar-refractivity contribution is 5.77. The van der Waals surface area contributed by atoms with Crippen molar-refractivity contribution in [3.8, 4) is 5.75 Å². The van der Waals surface area contributed by atoms with Crippen molar-refractivity contribution in [2.75, 3.05) is 0 Å².